The highest BCUT2D eigenvalue weighted by Crippen LogP contribution is 2.33. The van der Waals surface area contributed by atoms with Crippen molar-refractivity contribution in [1.82, 2.24) is 10.3 Å². The van der Waals surface area contributed by atoms with E-state index in [4.69, 9.17) is 9.47 Å². The Morgan fingerprint density at radius 2 is 1.83 bits per heavy atom. The van der Waals surface area contributed by atoms with E-state index in [1.807, 2.05) is 12.1 Å². The van der Waals surface area contributed by atoms with Crippen LogP contribution in [0.1, 0.15) is 41.9 Å². The predicted molar refractivity (Wildman–Crippen MR) is 121 cm³/mol. The highest BCUT2D eigenvalue weighted by Gasteiger charge is 2.17. The molecule has 0 spiro atoms. The number of methoxy groups -OCH3 is 2. The Kier molecular flexibility index (Phi) is 6.20. The molecule has 0 bridgehead atoms. The van der Waals surface area contributed by atoms with Crippen molar-refractivity contribution in [3.05, 3.63) is 46.5 Å². The molecule has 3 aromatic rings. The summed E-state index contributed by atoms with van der Waals surface area (Å²) in [5.74, 6) is 1.35. The smallest absolute Gasteiger partial charge is 0.240 e. The number of benzene rings is 2. The van der Waals surface area contributed by atoms with Gasteiger partial charge in [-0.1, -0.05) is 12.1 Å². The summed E-state index contributed by atoms with van der Waals surface area (Å²) >= 11 is 1.61. The molecule has 1 atom stereocenters. The van der Waals surface area contributed by atoms with Crippen LogP contribution < -0.4 is 20.1 Å². The molecule has 1 heterocycles. The highest BCUT2D eigenvalue weighted by molar-refractivity contribution is 7.15. The Hall–Kier alpha value is -2.64. The van der Waals surface area contributed by atoms with Gasteiger partial charge in [-0.05, 0) is 67.1 Å². The fourth-order valence-corrected chi connectivity index (χ4v) is 4.86. The summed E-state index contributed by atoms with van der Waals surface area (Å²) in [6.07, 6.45) is 4.51. The van der Waals surface area contributed by atoms with Crippen LogP contribution in [0.2, 0.25) is 0 Å². The molecule has 0 saturated carbocycles. The zero-order chi connectivity index (χ0) is 21.1. The number of nitrogens with zero attached hydrogens (tertiary/aromatic N) is 1. The van der Waals surface area contributed by atoms with E-state index in [1.54, 1.807) is 25.6 Å². The number of carbonyl (C=O) groups excluding carboxylic acids is 1. The summed E-state index contributed by atoms with van der Waals surface area (Å²) in [7, 11) is 3.27. The molecule has 2 aromatic carbocycles. The first-order valence-electron chi connectivity index (χ1n) is 10.2. The third-order valence-electron chi connectivity index (χ3n) is 5.53. The van der Waals surface area contributed by atoms with Gasteiger partial charge in [-0.25, -0.2) is 4.98 Å². The van der Waals surface area contributed by atoms with Crippen LogP contribution in [0.5, 0.6) is 11.5 Å². The Bertz CT molecular complexity index is 1040. The van der Waals surface area contributed by atoms with E-state index in [-0.39, 0.29) is 18.5 Å². The number of hydrogen-bond donors (Lipinski definition) is 2. The number of aromatic nitrogens is 1. The molecule has 0 aliphatic heterocycles. The highest BCUT2D eigenvalue weighted by atomic mass is 32.1. The van der Waals surface area contributed by atoms with Crippen molar-refractivity contribution in [2.75, 3.05) is 26.1 Å². The molecule has 0 fully saturated rings. The molecular weight excluding hydrogens is 398 g/mol. The summed E-state index contributed by atoms with van der Waals surface area (Å²) in [4.78, 5) is 18.3. The monoisotopic (exact) mass is 425 g/mol. The van der Waals surface area contributed by atoms with Gasteiger partial charge in [0, 0.05) is 10.9 Å². The fourth-order valence-electron chi connectivity index (χ4n) is 3.80. The van der Waals surface area contributed by atoms with Gasteiger partial charge in [-0.2, -0.15) is 0 Å². The summed E-state index contributed by atoms with van der Waals surface area (Å²) in [6, 6.07) is 10.2. The number of ether oxygens (including phenoxy) is 2. The number of carbonyl (C=O) groups is 1. The van der Waals surface area contributed by atoms with E-state index >= 15 is 0 Å². The minimum absolute atomic E-state index is 0.0257. The number of aryl methyl sites for hydroxylation is 2. The molecule has 1 aromatic heterocycles. The molecule has 1 amide bonds. The number of rotatable bonds is 7. The summed E-state index contributed by atoms with van der Waals surface area (Å²) in [5.41, 5.74) is 2.26. The van der Waals surface area contributed by atoms with E-state index in [0.29, 0.717) is 16.6 Å². The second kappa shape index (κ2) is 9.02. The van der Waals surface area contributed by atoms with Gasteiger partial charge >= 0.3 is 0 Å². The van der Waals surface area contributed by atoms with Gasteiger partial charge in [-0.3, -0.25) is 4.79 Å². The largest absolute Gasteiger partial charge is 0.493 e. The van der Waals surface area contributed by atoms with Crippen LogP contribution in [-0.4, -0.2) is 31.7 Å². The molecule has 6 nitrogen and oxygen atoms in total. The molecular formula is C23H27N3O3S. The lowest BCUT2D eigenvalue weighted by molar-refractivity contribution is -0.115. The molecule has 158 valence electrons. The van der Waals surface area contributed by atoms with Crippen LogP contribution in [0.4, 0.5) is 5.13 Å². The summed E-state index contributed by atoms with van der Waals surface area (Å²) in [5, 5.41) is 9.10. The van der Waals surface area contributed by atoms with E-state index in [2.05, 4.69) is 40.7 Å². The van der Waals surface area contributed by atoms with Crippen molar-refractivity contribution in [2.45, 2.75) is 38.6 Å². The standard InChI is InChI=1S/C23H27N3O3S/c1-14(15-8-9-16-11-19(28-2)20(29-3)12-17(16)10-15)24-13-22(27)26-23-25-18-6-4-5-7-21(18)30-23/h8-12,14,24H,4-7,13H2,1-3H3,(H,25,26,27). The third kappa shape index (κ3) is 4.42. The van der Waals surface area contributed by atoms with E-state index in [9.17, 15) is 4.79 Å². The van der Waals surface area contributed by atoms with Crippen molar-refractivity contribution < 1.29 is 14.3 Å². The van der Waals surface area contributed by atoms with Gasteiger partial charge < -0.3 is 20.1 Å². The minimum Gasteiger partial charge on any atom is -0.493 e. The van der Waals surface area contributed by atoms with Crippen molar-refractivity contribution in [2.24, 2.45) is 0 Å². The zero-order valence-corrected chi connectivity index (χ0v) is 18.4. The maximum Gasteiger partial charge on any atom is 0.240 e. The second-order valence-electron chi connectivity index (χ2n) is 7.56. The topological polar surface area (TPSA) is 72.5 Å². The average molecular weight is 426 g/mol. The second-order valence-corrected chi connectivity index (χ2v) is 8.64. The van der Waals surface area contributed by atoms with Gasteiger partial charge in [0.05, 0.1) is 26.5 Å². The lowest BCUT2D eigenvalue weighted by Crippen LogP contribution is -2.30. The van der Waals surface area contributed by atoms with Crippen LogP contribution in [0.25, 0.3) is 10.8 Å². The van der Waals surface area contributed by atoms with E-state index in [0.717, 1.165) is 34.9 Å². The van der Waals surface area contributed by atoms with Crippen LogP contribution in [-0.2, 0) is 17.6 Å². The van der Waals surface area contributed by atoms with Crippen molar-refractivity contribution in [3.8, 4) is 11.5 Å². The number of anilines is 1. The van der Waals surface area contributed by atoms with Crippen molar-refractivity contribution in [3.63, 3.8) is 0 Å². The molecule has 1 aliphatic carbocycles. The quantitative estimate of drug-likeness (QED) is 0.584. The summed E-state index contributed by atoms with van der Waals surface area (Å²) in [6.45, 7) is 2.28. The third-order valence-corrected chi connectivity index (χ3v) is 6.60. The van der Waals surface area contributed by atoms with E-state index < -0.39 is 0 Å². The van der Waals surface area contributed by atoms with Crippen LogP contribution in [0, 0.1) is 0 Å². The molecule has 4 rings (SSSR count). The number of nitrogens with one attached hydrogen (secondary N) is 2. The number of fused-ring (bicyclic) bond motifs is 2. The van der Waals surface area contributed by atoms with Crippen molar-refractivity contribution in [1.29, 1.82) is 0 Å². The molecule has 7 heteroatoms. The Balaban J connectivity index is 1.39. The summed E-state index contributed by atoms with van der Waals surface area (Å²) < 4.78 is 10.8. The first-order chi connectivity index (χ1) is 14.6. The Morgan fingerprint density at radius 3 is 2.57 bits per heavy atom. The van der Waals surface area contributed by atoms with Gasteiger partial charge in [0.2, 0.25) is 5.91 Å². The number of thiazole rings is 1. The average Bonchev–Trinajstić information content (AvgIpc) is 3.18. The molecule has 0 radical (unpaired) electrons. The Morgan fingerprint density at radius 1 is 1.10 bits per heavy atom. The zero-order valence-electron chi connectivity index (χ0n) is 17.6. The van der Waals surface area contributed by atoms with E-state index in [1.165, 1.54) is 17.7 Å². The molecule has 2 N–H and O–H groups in total. The van der Waals surface area contributed by atoms with Gasteiger partial charge in [0.1, 0.15) is 0 Å². The SMILES string of the molecule is COc1cc2ccc(C(C)NCC(=O)Nc3nc4c(s3)CCCC4)cc2cc1OC. The first-order valence-corrected chi connectivity index (χ1v) is 11.1. The molecule has 30 heavy (non-hydrogen) atoms. The first kappa shape index (κ1) is 20.6. The minimum atomic E-state index is -0.0693. The lowest BCUT2D eigenvalue weighted by atomic mass is 10.0. The van der Waals surface area contributed by atoms with Crippen LogP contribution in [0.15, 0.2) is 30.3 Å². The van der Waals surface area contributed by atoms with Crippen LogP contribution >= 0.6 is 11.3 Å². The molecule has 0 saturated heterocycles. The maximum atomic E-state index is 12.4. The van der Waals surface area contributed by atoms with Gasteiger partial charge in [-0.15, -0.1) is 11.3 Å². The number of amides is 1. The lowest BCUT2D eigenvalue weighted by Gasteiger charge is -2.15. The number of hydrogen-bond acceptors (Lipinski definition) is 6. The maximum absolute atomic E-state index is 12.4. The fraction of sp³-hybridized carbons (Fsp3) is 0.391. The predicted octanol–water partition coefficient (Wildman–Crippen LogP) is 4.48. The molecule has 1 aliphatic rings. The van der Waals surface area contributed by atoms with Crippen molar-refractivity contribution >= 4 is 33.1 Å². The van der Waals surface area contributed by atoms with Gasteiger partial charge in [0.25, 0.3) is 0 Å². The normalized spacial score (nSPS) is 14.2. The Labute approximate surface area is 180 Å². The van der Waals surface area contributed by atoms with Gasteiger partial charge in [0.15, 0.2) is 16.6 Å². The molecule has 1 unspecified atom stereocenters. The van der Waals surface area contributed by atoms with Crippen LogP contribution in [0.3, 0.4) is 0 Å².